The smallest absolute Gasteiger partial charge is 0.190 e. The van der Waals surface area contributed by atoms with Crippen molar-refractivity contribution in [1.82, 2.24) is 25.3 Å². The van der Waals surface area contributed by atoms with Crippen LogP contribution in [0.4, 0.5) is 0 Å². The molecule has 2 N–H and O–H groups in total. The van der Waals surface area contributed by atoms with Gasteiger partial charge in [0.15, 0.2) is 5.96 Å². The highest BCUT2D eigenvalue weighted by Gasteiger charge is 2.19. The van der Waals surface area contributed by atoms with Crippen LogP contribution >= 0.6 is 24.0 Å². The van der Waals surface area contributed by atoms with Crippen molar-refractivity contribution in [1.29, 1.82) is 0 Å². The summed E-state index contributed by atoms with van der Waals surface area (Å²) in [6.07, 6.45) is 4.64. The second-order valence-electron chi connectivity index (χ2n) is 8.62. The molecule has 0 bridgehead atoms. The number of guanidine groups is 1. The zero-order chi connectivity index (χ0) is 22.6. The molecule has 1 saturated heterocycles. The lowest BCUT2D eigenvalue weighted by molar-refractivity contribution is 0.00534. The number of ether oxygens (including phenoxy) is 1. The largest absolute Gasteiger partial charge is 0.378 e. The van der Waals surface area contributed by atoms with Crippen LogP contribution in [0.15, 0.2) is 41.4 Å². The van der Waals surface area contributed by atoms with Gasteiger partial charge in [0, 0.05) is 58.6 Å². The van der Waals surface area contributed by atoms with E-state index in [0.717, 1.165) is 83.2 Å². The van der Waals surface area contributed by atoms with Crippen LogP contribution in [0.3, 0.4) is 0 Å². The number of nitrogens with one attached hydrogen (secondary N) is 2. The molecule has 7 nitrogen and oxygen atoms in total. The zero-order valence-corrected chi connectivity index (χ0v) is 22.8. The van der Waals surface area contributed by atoms with Crippen LogP contribution in [0.2, 0.25) is 0 Å². The number of hydrogen-bond acceptors (Lipinski definition) is 4. The second kappa shape index (κ2) is 15.3. The average molecular weight is 569 g/mol. The van der Waals surface area contributed by atoms with Gasteiger partial charge in [-0.2, -0.15) is 5.10 Å². The van der Waals surface area contributed by atoms with E-state index < -0.39 is 0 Å². The predicted molar refractivity (Wildman–Crippen MR) is 146 cm³/mol. The van der Waals surface area contributed by atoms with E-state index in [1.54, 1.807) is 0 Å². The van der Waals surface area contributed by atoms with Gasteiger partial charge in [0.2, 0.25) is 0 Å². The molecule has 1 aliphatic rings. The second-order valence-corrected chi connectivity index (χ2v) is 8.62. The highest BCUT2D eigenvalue weighted by Crippen LogP contribution is 2.16. The molecule has 8 heteroatoms. The number of nitrogens with zero attached hydrogens (tertiary/aromatic N) is 4. The third-order valence-electron chi connectivity index (χ3n) is 5.92. The fourth-order valence-electron chi connectivity index (χ4n) is 4.16. The lowest BCUT2D eigenvalue weighted by Crippen LogP contribution is -2.39. The van der Waals surface area contributed by atoms with E-state index in [9.17, 15) is 0 Å². The maximum Gasteiger partial charge on any atom is 0.190 e. The summed E-state index contributed by atoms with van der Waals surface area (Å²) in [5, 5.41) is 11.3. The standard InChI is InChI=1S/C25H40N6O.HI/c1-21-19-22(2)31(29-21)15-7-13-27-25(26-3)28-14-8-18-32-24-11-16-30(17-12-24)20-23-9-5-4-6-10-23;/h4-6,9-10,19,24H,7-8,11-18,20H2,1-3H3,(H2,26,27,28);1H. The fourth-order valence-corrected chi connectivity index (χ4v) is 4.16. The van der Waals surface area contributed by atoms with Gasteiger partial charge in [0.05, 0.1) is 11.8 Å². The van der Waals surface area contributed by atoms with E-state index >= 15 is 0 Å². The Labute approximate surface area is 216 Å². The predicted octanol–water partition coefficient (Wildman–Crippen LogP) is 3.74. The Morgan fingerprint density at radius 2 is 1.79 bits per heavy atom. The van der Waals surface area contributed by atoms with Crippen molar-refractivity contribution in [3.8, 4) is 0 Å². The van der Waals surface area contributed by atoms with Gasteiger partial charge in [-0.25, -0.2) is 0 Å². The van der Waals surface area contributed by atoms with Crippen LogP contribution < -0.4 is 10.6 Å². The highest BCUT2D eigenvalue weighted by molar-refractivity contribution is 14.0. The van der Waals surface area contributed by atoms with Crippen LogP contribution in [0, 0.1) is 13.8 Å². The van der Waals surface area contributed by atoms with Crippen molar-refractivity contribution in [3.63, 3.8) is 0 Å². The van der Waals surface area contributed by atoms with E-state index in [1.165, 1.54) is 11.3 Å². The SMILES string of the molecule is CN=C(NCCCOC1CCN(Cc2ccccc2)CC1)NCCCn1nc(C)cc1C.I. The van der Waals surface area contributed by atoms with E-state index in [4.69, 9.17) is 4.74 Å². The number of rotatable bonds is 11. The summed E-state index contributed by atoms with van der Waals surface area (Å²) < 4.78 is 8.19. The van der Waals surface area contributed by atoms with Crippen molar-refractivity contribution >= 4 is 29.9 Å². The number of hydrogen-bond donors (Lipinski definition) is 2. The molecule has 0 saturated carbocycles. The van der Waals surface area contributed by atoms with E-state index in [1.807, 2.05) is 14.0 Å². The molecule has 184 valence electrons. The van der Waals surface area contributed by atoms with Gasteiger partial charge in [-0.05, 0) is 51.2 Å². The summed E-state index contributed by atoms with van der Waals surface area (Å²) in [6, 6.07) is 12.8. The minimum Gasteiger partial charge on any atom is -0.378 e. The quantitative estimate of drug-likeness (QED) is 0.187. The van der Waals surface area contributed by atoms with Gasteiger partial charge in [-0.3, -0.25) is 14.6 Å². The number of piperidine rings is 1. The summed E-state index contributed by atoms with van der Waals surface area (Å²) >= 11 is 0. The molecule has 3 rings (SSSR count). The van der Waals surface area contributed by atoms with E-state index in [-0.39, 0.29) is 24.0 Å². The van der Waals surface area contributed by atoms with Crippen molar-refractivity contribution in [2.24, 2.45) is 4.99 Å². The molecule has 0 atom stereocenters. The number of aromatic nitrogens is 2. The number of benzene rings is 1. The molecule has 0 aliphatic carbocycles. The molecule has 1 fully saturated rings. The molecule has 1 aromatic heterocycles. The molecule has 33 heavy (non-hydrogen) atoms. The number of likely N-dealkylation sites (tertiary alicyclic amines) is 1. The molecular weight excluding hydrogens is 527 g/mol. The zero-order valence-electron chi connectivity index (χ0n) is 20.4. The Hall–Kier alpha value is -1.65. The first kappa shape index (κ1) is 27.6. The van der Waals surface area contributed by atoms with Crippen LogP contribution in [-0.4, -0.2) is 66.6 Å². The van der Waals surface area contributed by atoms with Gasteiger partial charge in [-0.15, -0.1) is 24.0 Å². The molecule has 0 unspecified atom stereocenters. The number of halogens is 1. The van der Waals surface area contributed by atoms with E-state index in [2.05, 4.69) is 73.6 Å². The van der Waals surface area contributed by atoms with Crippen LogP contribution in [0.5, 0.6) is 0 Å². The van der Waals surface area contributed by atoms with Gasteiger partial charge in [0.1, 0.15) is 0 Å². The topological polar surface area (TPSA) is 66.7 Å². The van der Waals surface area contributed by atoms with Gasteiger partial charge in [-0.1, -0.05) is 30.3 Å². The Balaban J connectivity index is 0.00000385. The first-order valence-electron chi connectivity index (χ1n) is 12.0. The summed E-state index contributed by atoms with van der Waals surface area (Å²) in [5.41, 5.74) is 3.69. The first-order valence-corrected chi connectivity index (χ1v) is 12.0. The summed E-state index contributed by atoms with van der Waals surface area (Å²) in [5.74, 6) is 0.854. The minimum absolute atomic E-state index is 0. The lowest BCUT2D eigenvalue weighted by atomic mass is 10.1. The molecule has 1 aliphatic heterocycles. The van der Waals surface area contributed by atoms with Crippen molar-refractivity contribution in [2.45, 2.75) is 58.7 Å². The molecular formula is C25H41IN6O. The van der Waals surface area contributed by atoms with Crippen molar-refractivity contribution in [3.05, 3.63) is 53.3 Å². The monoisotopic (exact) mass is 568 g/mol. The fraction of sp³-hybridized carbons (Fsp3) is 0.600. The molecule has 0 amide bonds. The first-order chi connectivity index (χ1) is 15.6. The van der Waals surface area contributed by atoms with Crippen LogP contribution in [0.25, 0.3) is 0 Å². The van der Waals surface area contributed by atoms with Gasteiger partial charge < -0.3 is 15.4 Å². The average Bonchev–Trinajstić information content (AvgIpc) is 3.13. The van der Waals surface area contributed by atoms with E-state index in [0.29, 0.717) is 6.10 Å². The Morgan fingerprint density at radius 1 is 1.09 bits per heavy atom. The molecule has 0 radical (unpaired) electrons. The van der Waals surface area contributed by atoms with Gasteiger partial charge in [0.25, 0.3) is 0 Å². The minimum atomic E-state index is 0. The molecule has 2 aromatic rings. The Kier molecular flexibility index (Phi) is 12.8. The molecule has 0 spiro atoms. The van der Waals surface area contributed by atoms with Crippen molar-refractivity contribution < 1.29 is 4.74 Å². The normalized spacial score (nSPS) is 15.3. The number of aliphatic imine (C=N–C) groups is 1. The highest BCUT2D eigenvalue weighted by atomic mass is 127. The molecule has 2 heterocycles. The summed E-state index contributed by atoms with van der Waals surface area (Å²) in [7, 11) is 1.82. The Morgan fingerprint density at radius 3 is 2.42 bits per heavy atom. The third-order valence-corrected chi connectivity index (χ3v) is 5.92. The molecule has 1 aromatic carbocycles. The Bertz CT molecular complexity index is 818. The maximum atomic E-state index is 6.12. The maximum absolute atomic E-state index is 6.12. The van der Waals surface area contributed by atoms with Crippen LogP contribution in [0.1, 0.15) is 42.6 Å². The number of aryl methyl sites for hydroxylation is 3. The third kappa shape index (κ3) is 10.0. The summed E-state index contributed by atoms with van der Waals surface area (Å²) in [4.78, 5) is 6.84. The van der Waals surface area contributed by atoms with Gasteiger partial charge >= 0.3 is 0 Å². The lowest BCUT2D eigenvalue weighted by Gasteiger charge is -2.32. The van der Waals surface area contributed by atoms with Crippen molar-refractivity contribution in [2.75, 3.05) is 39.8 Å². The van der Waals surface area contributed by atoms with Crippen LogP contribution in [-0.2, 0) is 17.8 Å². The summed E-state index contributed by atoms with van der Waals surface area (Å²) in [6.45, 7) is 10.9.